The molecule has 0 aliphatic carbocycles. The third-order valence-electron chi connectivity index (χ3n) is 18.3. The third kappa shape index (κ3) is 13.5. The fraction of sp³-hybridized carbons (Fsp3) is 0.221. The number of carbonyl (C=O) groups is 5. The van der Waals surface area contributed by atoms with Crippen LogP contribution >= 0.6 is 0 Å². The van der Waals surface area contributed by atoms with Crippen molar-refractivity contribution in [2.45, 2.75) is 73.0 Å². The highest BCUT2D eigenvalue weighted by Gasteiger charge is 2.50. The van der Waals surface area contributed by atoms with Gasteiger partial charge < -0.3 is 0 Å². The Morgan fingerprint density at radius 3 is 0.552 bits per heavy atom. The average molecular weight is 1150 g/mol. The highest BCUT2D eigenvalue weighted by molar-refractivity contribution is 5.77. The van der Waals surface area contributed by atoms with Crippen molar-refractivity contribution in [2.24, 2.45) is 35.2 Å². The van der Waals surface area contributed by atoms with E-state index in [1.807, 2.05) is 100 Å². The second-order valence-corrected chi connectivity index (χ2v) is 23.7. The van der Waals surface area contributed by atoms with Crippen LogP contribution in [-0.2, 0) is 35.2 Å². The molecule has 0 radical (unpaired) electrons. The zero-order valence-electron chi connectivity index (χ0n) is 50.5. The Bertz CT molecular complexity index is 3930. The van der Waals surface area contributed by atoms with E-state index in [1.54, 1.807) is 0 Å². The van der Waals surface area contributed by atoms with E-state index in [0.29, 0.717) is 27.8 Å². The van der Waals surface area contributed by atoms with E-state index in [9.17, 15) is 24.0 Å². The molecular weight excluding hydrogens is 1070 g/mol. The van der Waals surface area contributed by atoms with Gasteiger partial charge in [-0.25, -0.2) is 22.8 Å². The Morgan fingerprint density at radius 1 is 0.207 bits per heavy atom. The molecular formula is C77H76N5O5+5. The summed E-state index contributed by atoms with van der Waals surface area (Å²) in [6.07, 6.45) is 25.7. The topological polar surface area (TPSA) is 105 Å². The van der Waals surface area contributed by atoms with Crippen molar-refractivity contribution in [3.8, 4) is 0 Å². The lowest BCUT2D eigenvalue weighted by molar-refractivity contribution is -0.671. The highest BCUT2D eigenvalue weighted by atomic mass is 16.1. The summed E-state index contributed by atoms with van der Waals surface area (Å²) in [5, 5.41) is 0. The molecule has 10 aromatic rings. The molecule has 10 nitrogen and oxygen atoms in total. The number of carbonyl (C=O) groups excluding carboxylic acids is 5. The summed E-state index contributed by atoms with van der Waals surface area (Å²) in [4.78, 5) is 63.3. The van der Waals surface area contributed by atoms with Crippen LogP contribution in [0.15, 0.2) is 244 Å². The van der Waals surface area contributed by atoms with Crippen LogP contribution in [0.5, 0.6) is 0 Å². The van der Waals surface area contributed by atoms with E-state index in [1.165, 1.54) is 0 Å². The van der Waals surface area contributed by atoms with Crippen molar-refractivity contribution in [2.75, 3.05) is 0 Å². The molecule has 5 aromatic carbocycles. The molecule has 10 atom stereocenters. The number of hydrogen-bond donors (Lipinski definition) is 0. The van der Waals surface area contributed by atoms with Crippen molar-refractivity contribution < 1.29 is 46.8 Å². The van der Waals surface area contributed by atoms with Gasteiger partial charge in [-0.1, -0.05) is 135 Å². The van der Waals surface area contributed by atoms with Crippen molar-refractivity contribution in [1.29, 1.82) is 0 Å². The molecule has 0 aliphatic heterocycles. The summed E-state index contributed by atoms with van der Waals surface area (Å²) in [7, 11) is 10.2. The van der Waals surface area contributed by atoms with Gasteiger partial charge in [0.2, 0.25) is 0 Å². The standard InChI is InChI=1S/C77H76N5O5/c1-53(60-18-8-55(48-83)9-19-60)71(66-30-40-79(4)41-31-66)73(67-32-42-80(5)43-33-67)74(64-24-14-58(51-86)15-25-64)75(65-26-16-59(52-87)17-27-65)77(69-36-46-82(7)47-37-69)76(68-34-44-81(6)45-35-68)72(63-22-12-57(50-85)13-23-63)70(62-20-10-56(49-84)11-21-62)54(2)61-28-38-78(3)39-29-61/h8-54,70-77H,1-7H3/q+5/t53?,54-,70?,71?,72?,73?,74?,75?,76?,77?/m1/s1. The molecule has 0 amide bonds. The Kier molecular flexibility index (Phi) is 19.1. The highest BCUT2D eigenvalue weighted by Crippen LogP contribution is 2.63. The van der Waals surface area contributed by atoms with Gasteiger partial charge in [-0.05, 0) is 115 Å². The van der Waals surface area contributed by atoms with Gasteiger partial charge in [0, 0.05) is 88.5 Å². The van der Waals surface area contributed by atoms with Gasteiger partial charge in [0.1, 0.15) is 66.7 Å². The number of aldehydes is 5. The zero-order chi connectivity index (χ0) is 61.1. The maximum atomic E-state index is 12.9. The lowest BCUT2D eigenvalue weighted by Gasteiger charge is -2.49. The largest absolute Gasteiger partial charge is 0.298 e. The Hall–Kier alpha value is -9.80. The van der Waals surface area contributed by atoms with Gasteiger partial charge in [0.15, 0.2) is 62.0 Å². The van der Waals surface area contributed by atoms with Crippen LogP contribution in [0.25, 0.3) is 0 Å². The molecule has 9 unspecified atom stereocenters. The second kappa shape index (κ2) is 27.5. The number of hydrogen-bond acceptors (Lipinski definition) is 5. The molecule has 434 valence electrons. The number of aromatic nitrogens is 5. The second-order valence-electron chi connectivity index (χ2n) is 23.7. The van der Waals surface area contributed by atoms with Gasteiger partial charge in [0.25, 0.3) is 0 Å². The summed E-state index contributed by atoms with van der Waals surface area (Å²) in [6, 6.07) is 63.0. The Morgan fingerprint density at radius 2 is 0.345 bits per heavy atom. The quantitative estimate of drug-likeness (QED) is 0.0443. The maximum absolute atomic E-state index is 12.9. The molecule has 10 rings (SSSR count). The summed E-state index contributed by atoms with van der Waals surface area (Å²) >= 11 is 0. The first-order valence-corrected chi connectivity index (χ1v) is 29.8. The molecule has 0 bridgehead atoms. The van der Waals surface area contributed by atoms with E-state index in [0.717, 1.165) is 87.1 Å². The van der Waals surface area contributed by atoms with Crippen LogP contribution in [0.1, 0.15) is 180 Å². The summed E-state index contributed by atoms with van der Waals surface area (Å²) in [5.74, 6) is -3.21. The van der Waals surface area contributed by atoms with Crippen molar-refractivity contribution in [3.05, 3.63) is 327 Å². The summed E-state index contributed by atoms with van der Waals surface area (Å²) in [5.41, 5.74) is 13.5. The number of rotatable bonds is 24. The van der Waals surface area contributed by atoms with E-state index >= 15 is 0 Å². The van der Waals surface area contributed by atoms with Gasteiger partial charge >= 0.3 is 0 Å². The molecule has 0 spiro atoms. The average Bonchev–Trinajstić information content (AvgIpc) is 0.986. The number of nitrogens with zero attached hydrogens (tertiary/aromatic N) is 5. The van der Waals surface area contributed by atoms with E-state index in [-0.39, 0.29) is 35.5 Å². The molecule has 10 heteroatoms. The van der Waals surface area contributed by atoms with Crippen molar-refractivity contribution >= 4 is 31.4 Å². The van der Waals surface area contributed by atoms with Gasteiger partial charge in [0.05, 0.1) is 0 Å². The number of aryl methyl sites for hydroxylation is 5. The first kappa shape index (κ1) is 60.3. The van der Waals surface area contributed by atoms with Crippen LogP contribution in [0.2, 0.25) is 0 Å². The minimum Gasteiger partial charge on any atom is -0.298 e. The third-order valence-corrected chi connectivity index (χ3v) is 18.3. The molecule has 0 saturated heterocycles. The Labute approximate surface area is 511 Å². The predicted molar refractivity (Wildman–Crippen MR) is 336 cm³/mol. The van der Waals surface area contributed by atoms with Gasteiger partial charge in [-0.2, -0.15) is 0 Å². The van der Waals surface area contributed by atoms with E-state index in [4.69, 9.17) is 0 Å². The maximum Gasteiger partial charge on any atom is 0.168 e. The minimum atomic E-state index is -0.453. The Balaban J connectivity index is 1.40. The first-order valence-electron chi connectivity index (χ1n) is 29.8. The smallest absolute Gasteiger partial charge is 0.168 e. The molecule has 0 fully saturated rings. The summed E-state index contributed by atoms with van der Waals surface area (Å²) in [6.45, 7) is 4.61. The van der Waals surface area contributed by atoms with Crippen molar-refractivity contribution in [1.82, 2.24) is 0 Å². The van der Waals surface area contributed by atoms with Crippen LogP contribution in [0, 0.1) is 0 Å². The van der Waals surface area contributed by atoms with Gasteiger partial charge in [-0.3, -0.25) is 24.0 Å². The number of pyridine rings is 5. The lowest BCUT2D eigenvalue weighted by Crippen LogP contribution is -2.37. The lowest BCUT2D eigenvalue weighted by atomic mass is 9.54. The normalized spacial score (nSPS) is 14.8. The van der Waals surface area contributed by atoms with E-state index in [2.05, 4.69) is 215 Å². The zero-order valence-corrected chi connectivity index (χ0v) is 50.5. The van der Waals surface area contributed by atoms with Crippen LogP contribution in [0.3, 0.4) is 0 Å². The van der Waals surface area contributed by atoms with E-state index < -0.39 is 23.7 Å². The predicted octanol–water partition coefficient (Wildman–Crippen LogP) is 12.0. The molecule has 5 heterocycles. The van der Waals surface area contributed by atoms with Crippen LogP contribution < -0.4 is 22.8 Å². The molecule has 0 saturated carbocycles. The number of benzene rings is 5. The van der Waals surface area contributed by atoms with Gasteiger partial charge in [-0.15, -0.1) is 0 Å². The monoisotopic (exact) mass is 1150 g/mol. The fourth-order valence-corrected chi connectivity index (χ4v) is 13.7. The first-order chi connectivity index (χ1) is 42.3. The van der Waals surface area contributed by atoms with Crippen LogP contribution in [-0.4, -0.2) is 31.4 Å². The molecule has 87 heavy (non-hydrogen) atoms. The minimum absolute atomic E-state index is 0.134. The van der Waals surface area contributed by atoms with Crippen molar-refractivity contribution in [3.63, 3.8) is 0 Å². The molecule has 5 aromatic heterocycles. The SMILES string of the molecule is CC(c1ccc(C=O)cc1)C(c1cc[n+](C)cc1)C(c1cc[n+](C)cc1)C(c1ccc(C=O)cc1)C(c1ccc(C=O)cc1)C(c1cc[n+](C)cc1)C(c1cc[n+](C)cc1)C(c1ccc(C=O)cc1)C(c1ccc(C=O)cc1)[C@H](C)c1cc[n+](C)cc1. The fourth-order valence-electron chi connectivity index (χ4n) is 13.7. The van der Waals surface area contributed by atoms with Crippen LogP contribution in [0.4, 0.5) is 0 Å². The summed E-state index contributed by atoms with van der Waals surface area (Å²) < 4.78 is 10.3. The molecule has 0 N–H and O–H groups in total. The molecule has 0 aliphatic rings.